The highest BCUT2D eigenvalue weighted by Crippen LogP contribution is 2.35. The first kappa shape index (κ1) is 16.1. The normalized spacial score (nSPS) is 26.8. The summed E-state index contributed by atoms with van der Waals surface area (Å²) in [6.07, 6.45) is 3.70. The third-order valence-electron chi connectivity index (χ3n) is 4.88. The molecule has 1 aromatic rings. The molecule has 1 fully saturated rings. The van der Waals surface area contributed by atoms with E-state index < -0.39 is 0 Å². The number of hydrogen-bond donors (Lipinski definition) is 2. The minimum Gasteiger partial charge on any atom is -0.493 e. The van der Waals surface area contributed by atoms with Gasteiger partial charge in [0.15, 0.2) is 11.5 Å². The van der Waals surface area contributed by atoms with Crippen molar-refractivity contribution in [3.63, 3.8) is 0 Å². The maximum atomic E-state index is 12.2. The molecule has 23 heavy (non-hydrogen) atoms. The Balaban J connectivity index is 1.51. The lowest BCUT2D eigenvalue weighted by molar-refractivity contribution is -0.126. The highest BCUT2D eigenvalue weighted by Gasteiger charge is 2.27. The van der Waals surface area contributed by atoms with Crippen molar-refractivity contribution in [1.29, 1.82) is 0 Å². The molecule has 0 aromatic heterocycles. The molecule has 1 amide bonds. The zero-order valence-corrected chi connectivity index (χ0v) is 13.6. The molecule has 5 nitrogen and oxygen atoms in total. The highest BCUT2D eigenvalue weighted by molar-refractivity contribution is 5.78. The number of aliphatic hydroxyl groups excluding tert-OH is 1. The van der Waals surface area contributed by atoms with Gasteiger partial charge in [0.05, 0.1) is 19.8 Å². The predicted octanol–water partition coefficient (Wildman–Crippen LogP) is 1.91. The van der Waals surface area contributed by atoms with Gasteiger partial charge in [-0.1, -0.05) is 12.1 Å². The summed E-state index contributed by atoms with van der Waals surface area (Å²) in [6.45, 7) is 1.23. The second kappa shape index (κ2) is 7.21. The molecule has 0 saturated heterocycles. The molecule has 5 heteroatoms. The van der Waals surface area contributed by atoms with Crippen molar-refractivity contribution in [2.45, 2.75) is 38.2 Å². The van der Waals surface area contributed by atoms with Gasteiger partial charge in [-0.2, -0.15) is 0 Å². The van der Waals surface area contributed by atoms with Crippen molar-refractivity contribution in [2.24, 2.45) is 11.8 Å². The van der Waals surface area contributed by atoms with Crippen LogP contribution >= 0.6 is 0 Å². The van der Waals surface area contributed by atoms with E-state index in [1.807, 2.05) is 18.2 Å². The van der Waals surface area contributed by atoms with Crippen molar-refractivity contribution in [3.05, 3.63) is 23.8 Å². The van der Waals surface area contributed by atoms with Gasteiger partial charge in [0.1, 0.15) is 0 Å². The molecule has 1 heterocycles. The number of fused-ring (bicyclic) bond motifs is 1. The number of rotatable bonds is 4. The third-order valence-corrected chi connectivity index (χ3v) is 4.88. The third kappa shape index (κ3) is 3.78. The first-order chi connectivity index (χ1) is 11.2. The van der Waals surface area contributed by atoms with Gasteiger partial charge in [-0.3, -0.25) is 4.79 Å². The molecule has 0 bridgehead atoms. The van der Waals surface area contributed by atoms with E-state index in [0.29, 0.717) is 13.2 Å². The largest absolute Gasteiger partial charge is 0.493 e. The van der Waals surface area contributed by atoms with Crippen LogP contribution in [0.15, 0.2) is 18.2 Å². The number of carbonyl (C=O) groups excluding carboxylic acids is 1. The van der Waals surface area contributed by atoms with Gasteiger partial charge in [0.25, 0.3) is 0 Å². The summed E-state index contributed by atoms with van der Waals surface area (Å²) >= 11 is 0. The number of carbonyl (C=O) groups is 1. The molecular formula is C18H25NO4. The van der Waals surface area contributed by atoms with Crippen LogP contribution in [0, 0.1) is 11.8 Å². The molecule has 0 spiro atoms. The van der Waals surface area contributed by atoms with Crippen LogP contribution in [0.1, 0.15) is 31.2 Å². The minimum atomic E-state index is -0.225. The maximum Gasteiger partial charge on any atom is 0.223 e. The quantitative estimate of drug-likeness (QED) is 0.890. The summed E-state index contributed by atoms with van der Waals surface area (Å²) in [5.41, 5.74) is 1.13. The van der Waals surface area contributed by atoms with Crippen LogP contribution in [0.25, 0.3) is 0 Å². The van der Waals surface area contributed by atoms with Gasteiger partial charge in [-0.05, 0) is 43.7 Å². The Morgan fingerprint density at radius 1 is 1.35 bits per heavy atom. The predicted molar refractivity (Wildman–Crippen MR) is 86.7 cm³/mol. The number of benzene rings is 1. The van der Waals surface area contributed by atoms with Crippen molar-refractivity contribution in [2.75, 3.05) is 20.3 Å². The highest BCUT2D eigenvalue weighted by atomic mass is 16.5. The smallest absolute Gasteiger partial charge is 0.223 e. The fourth-order valence-electron chi connectivity index (χ4n) is 3.48. The second-order valence-corrected chi connectivity index (χ2v) is 6.58. The molecule has 1 atom stereocenters. The van der Waals surface area contributed by atoms with E-state index in [2.05, 4.69) is 5.32 Å². The number of amides is 1. The van der Waals surface area contributed by atoms with Gasteiger partial charge >= 0.3 is 0 Å². The summed E-state index contributed by atoms with van der Waals surface area (Å²) in [6, 6.07) is 5.92. The van der Waals surface area contributed by atoms with Crippen LogP contribution in [0.5, 0.6) is 11.5 Å². The molecule has 1 aromatic carbocycles. The Morgan fingerprint density at radius 2 is 2.13 bits per heavy atom. The minimum absolute atomic E-state index is 0.0512. The lowest BCUT2D eigenvalue weighted by Gasteiger charge is -2.28. The summed E-state index contributed by atoms with van der Waals surface area (Å²) < 4.78 is 11.2. The zero-order valence-electron chi connectivity index (χ0n) is 13.6. The topological polar surface area (TPSA) is 67.8 Å². The van der Waals surface area contributed by atoms with Crippen LogP contribution in [-0.2, 0) is 11.2 Å². The van der Waals surface area contributed by atoms with Crippen molar-refractivity contribution < 1.29 is 19.4 Å². The first-order valence-electron chi connectivity index (χ1n) is 8.42. The second-order valence-electron chi connectivity index (χ2n) is 6.58. The van der Waals surface area contributed by atoms with Gasteiger partial charge in [-0.25, -0.2) is 0 Å². The fourth-order valence-corrected chi connectivity index (χ4v) is 3.48. The zero-order chi connectivity index (χ0) is 16.2. The summed E-state index contributed by atoms with van der Waals surface area (Å²) in [7, 11) is 1.65. The van der Waals surface area contributed by atoms with E-state index in [1.54, 1.807) is 7.11 Å². The SMILES string of the molecule is COc1cccc2c1OCC(CNC(=O)C1CCC(O)CC1)C2. The van der Waals surface area contributed by atoms with Crippen LogP contribution in [0.2, 0.25) is 0 Å². The van der Waals surface area contributed by atoms with E-state index in [-0.39, 0.29) is 23.8 Å². The Kier molecular flexibility index (Phi) is 5.06. The van der Waals surface area contributed by atoms with Crippen molar-refractivity contribution in [1.82, 2.24) is 5.32 Å². The summed E-state index contributed by atoms with van der Waals surface area (Å²) in [5.74, 6) is 2.06. The van der Waals surface area contributed by atoms with Crippen LogP contribution in [-0.4, -0.2) is 37.4 Å². The molecular weight excluding hydrogens is 294 g/mol. The van der Waals surface area contributed by atoms with Crippen LogP contribution < -0.4 is 14.8 Å². The Bertz CT molecular complexity index is 552. The average Bonchev–Trinajstić information content (AvgIpc) is 2.59. The van der Waals surface area contributed by atoms with Gasteiger partial charge < -0.3 is 19.9 Å². The van der Waals surface area contributed by atoms with E-state index in [4.69, 9.17) is 9.47 Å². The van der Waals surface area contributed by atoms with Gasteiger partial charge in [-0.15, -0.1) is 0 Å². The maximum absolute atomic E-state index is 12.2. The molecule has 1 unspecified atom stereocenters. The van der Waals surface area contributed by atoms with E-state index in [1.165, 1.54) is 0 Å². The van der Waals surface area contributed by atoms with E-state index in [0.717, 1.165) is 49.2 Å². The summed E-state index contributed by atoms with van der Waals surface area (Å²) in [4.78, 5) is 12.2. The lowest BCUT2D eigenvalue weighted by atomic mass is 9.86. The van der Waals surface area contributed by atoms with Crippen molar-refractivity contribution in [3.8, 4) is 11.5 Å². The van der Waals surface area contributed by atoms with E-state index >= 15 is 0 Å². The average molecular weight is 319 g/mol. The Morgan fingerprint density at radius 3 is 2.87 bits per heavy atom. The molecule has 2 N–H and O–H groups in total. The molecule has 1 aliphatic heterocycles. The van der Waals surface area contributed by atoms with E-state index in [9.17, 15) is 9.90 Å². The molecule has 2 aliphatic rings. The van der Waals surface area contributed by atoms with Gasteiger partial charge in [0, 0.05) is 18.4 Å². The molecule has 1 aliphatic carbocycles. The number of aliphatic hydroxyl groups is 1. The standard InChI is InChI=1S/C18H25NO4/c1-22-16-4-2-3-14-9-12(11-23-17(14)16)10-19-18(21)13-5-7-15(20)8-6-13/h2-4,12-13,15,20H,5-11H2,1H3,(H,19,21). The number of para-hydroxylation sites is 1. The fraction of sp³-hybridized carbons (Fsp3) is 0.611. The molecule has 3 rings (SSSR count). The Hall–Kier alpha value is -1.75. The molecule has 1 saturated carbocycles. The number of ether oxygens (including phenoxy) is 2. The number of hydrogen-bond acceptors (Lipinski definition) is 4. The van der Waals surface area contributed by atoms with Crippen LogP contribution in [0.4, 0.5) is 0 Å². The monoisotopic (exact) mass is 319 g/mol. The molecule has 0 radical (unpaired) electrons. The van der Waals surface area contributed by atoms with Crippen molar-refractivity contribution >= 4 is 5.91 Å². The Labute approximate surface area is 137 Å². The number of nitrogens with one attached hydrogen (secondary N) is 1. The number of methoxy groups -OCH3 is 1. The first-order valence-corrected chi connectivity index (χ1v) is 8.42. The van der Waals surface area contributed by atoms with Gasteiger partial charge in [0.2, 0.25) is 5.91 Å². The lowest BCUT2D eigenvalue weighted by Crippen LogP contribution is -2.39. The van der Waals surface area contributed by atoms with Crippen LogP contribution in [0.3, 0.4) is 0 Å². The summed E-state index contributed by atoms with van der Waals surface area (Å²) in [5, 5.41) is 12.6. The molecule has 126 valence electrons.